The van der Waals surface area contributed by atoms with Crippen molar-refractivity contribution < 1.29 is 29.0 Å². The molecule has 0 fully saturated rings. The maximum absolute atomic E-state index is 11.5. The third-order valence-corrected chi connectivity index (χ3v) is 4.50. The van der Waals surface area contributed by atoms with Gasteiger partial charge in [0.25, 0.3) is 0 Å². The smallest absolute Gasteiger partial charge is 0.373 e. The Labute approximate surface area is 137 Å². The average molecular weight is 346 g/mol. The van der Waals surface area contributed by atoms with Gasteiger partial charge in [0, 0.05) is 18.6 Å². The molecule has 1 rings (SSSR count). The van der Waals surface area contributed by atoms with E-state index >= 15 is 0 Å². The molecule has 0 unspecified atom stereocenters. The van der Waals surface area contributed by atoms with Gasteiger partial charge in [-0.1, -0.05) is 33.7 Å². The number of hydrogen-bond acceptors (Lipinski definition) is 8. The highest BCUT2D eigenvalue weighted by Gasteiger charge is 2.04. The van der Waals surface area contributed by atoms with Gasteiger partial charge in [-0.3, -0.25) is 4.79 Å². The molecule has 0 saturated heterocycles. The summed E-state index contributed by atoms with van der Waals surface area (Å²) in [5.41, 5.74) is 0.838. The number of phenols is 1. The van der Waals surface area contributed by atoms with E-state index in [1.54, 1.807) is 53.0 Å². The fourth-order valence-electron chi connectivity index (χ4n) is 1.26. The van der Waals surface area contributed by atoms with Crippen LogP contribution in [0.25, 0.3) is 0 Å². The van der Waals surface area contributed by atoms with Gasteiger partial charge in [-0.25, -0.2) is 0 Å². The van der Waals surface area contributed by atoms with E-state index in [9.17, 15) is 4.79 Å². The number of benzene rings is 1. The van der Waals surface area contributed by atoms with Gasteiger partial charge in [-0.05, 0) is 17.7 Å². The highest BCUT2D eigenvalue weighted by molar-refractivity contribution is 8.76. The summed E-state index contributed by atoms with van der Waals surface area (Å²) in [4.78, 5) is 27.8. The second-order valence-electron chi connectivity index (χ2n) is 3.78. The number of esters is 1. The van der Waals surface area contributed by atoms with Crippen molar-refractivity contribution in [2.75, 3.05) is 31.8 Å². The van der Waals surface area contributed by atoms with Crippen LogP contribution in [-0.4, -0.2) is 49.1 Å². The second-order valence-corrected chi connectivity index (χ2v) is 6.49. The molecular formula is C14H18O6S2. The summed E-state index contributed by atoms with van der Waals surface area (Å²) in [5.74, 6) is 1.66. The van der Waals surface area contributed by atoms with Crippen LogP contribution in [0.15, 0.2) is 24.3 Å². The van der Waals surface area contributed by atoms with E-state index in [1.807, 2.05) is 0 Å². The summed E-state index contributed by atoms with van der Waals surface area (Å²) in [6.45, 7) is 1.15. The number of carbonyl (C=O) groups excluding carboxylic acids is 3. The molecular weight excluding hydrogens is 328 g/mol. The summed E-state index contributed by atoms with van der Waals surface area (Å²) in [6, 6.07) is 6.55. The minimum Gasteiger partial charge on any atom is -0.508 e. The van der Waals surface area contributed by atoms with E-state index in [1.165, 1.54) is 0 Å². The minimum atomic E-state index is -0.242. The Kier molecular flexibility index (Phi) is 13.5. The van der Waals surface area contributed by atoms with Crippen LogP contribution < -0.4 is 0 Å². The summed E-state index contributed by atoms with van der Waals surface area (Å²) in [6.07, 6.45) is 0.488. The normalized spacial score (nSPS) is 9.32. The summed E-state index contributed by atoms with van der Waals surface area (Å²) in [5, 5.41) is 9.12. The van der Waals surface area contributed by atoms with Gasteiger partial charge >= 0.3 is 12.1 Å². The summed E-state index contributed by atoms with van der Waals surface area (Å²) >= 11 is 0. The lowest BCUT2D eigenvalue weighted by Gasteiger charge is -2.05. The molecule has 0 bridgehead atoms. The Morgan fingerprint density at radius 3 is 2.23 bits per heavy atom. The molecule has 0 spiro atoms. The van der Waals surface area contributed by atoms with Gasteiger partial charge in [0.05, 0.1) is 13.0 Å². The zero-order valence-electron chi connectivity index (χ0n) is 12.1. The molecule has 0 aliphatic heterocycles. The van der Waals surface area contributed by atoms with Crippen LogP contribution in [0.1, 0.15) is 5.56 Å². The molecule has 0 aliphatic rings. The third kappa shape index (κ3) is 12.3. The molecule has 1 N–H and O–H groups in total. The molecule has 6 nitrogen and oxygen atoms in total. The molecule has 0 radical (unpaired) electrons. The molecule has 0 saturated carbocycles. The van der Waals surface area contributed by atoms with Crippen molar-refractivity contribution in [2.24, 2.45) is 0 Å². The van der Waals surface area contributed by atoms with E-state index in [-0.39, 0.29) is 24.3 Å². The lowest BCUT2D eigenvalue weighted by molar-refractivity contribution is -0.191. The first-order chi connectivity index (χ1) is 10.6. The number of phenolic OH excluding ortho intramolecular Hbond substituents is 1. The SMILES string of the molecule is COCCSSCCOC(=O)Cc1ccc(O)cc1.O=C=O. The summed E-state index contributed by atoms with van der Waals surface area (Å²) < 4.78 is 10.0. The maximum Gasteiger partial charge on any atom is 0.373 e. The zero-order valence-corrected chi connectivity index (χ0v) is 13.8. The third-order valence-electron chi connectivity index (χ3n) is 2.17. The number of rotatable bonds is 9. The van der Waals surface area contributed by atoms with Crippen LogP contribution in [0, 0.1) is 0 Å². The first kappa shape index (κ1) is 20.5. The minimum absolute atomic E-state index is 0.196. The van der Waals surface area contributed by atoms with E-state index in [0.29, 0.717) is 6.61 Å². The number of carbonyl (C=O) groups is 1. The largest absolute Gasteiger partial charge is 0.508 e. The molecule has 122 valence electrons. The van der Waals surface area contributed by atoms with Crippen molar-refractivity contribution in [3.63, 3.8) is 0 Å². The van der Waals surface area contributed by atoms with Crippen LogP contribution in [0.2, 0.25) is 0 Å². The second kappa shape index (κ2) is 14.5. The quantitative estimate of drug-likeness (QED) is 0.412. The number of aromatic hydroxyl groups is 1. The van der Waals surface area contributed by atoms with Crippen LogP contribution in [0.4, 0.5) is 0 Å². The zero-order chi connectivity index (χ0) is 16.6. The predicted octanol–water partition coefficient (Wildman–Crippen LogP) is 1.92. The predicted molar refractivity (Wildman–Crippen MR) is 84.6 cm³/mol. The highest BCUT2D eigenvalue weighted by atomic mass is 33.1. The Morgan fingerprint density at radius 2 is 1.68 bits per heavy atom. The lowest BCUT2D eigenvalue weighted by atomic mass is 10.1. The van der Waals surface area contributed by atoms with E-state index < -0.39 is 0 Å². The molecule has 0 aliphatic carbocycles. The Morgan fingerprint density at radius 1 is 1.14 bits per heavy atom. The first-order valence-electron chi connectivity index (χ1n) is 6.30. The molecule has 0 atom stereocenters. The fraction of sp³-hybridized carbons (Fsp3) is 0.429. The standard InChI is InChI=1S/C13H18O4S2.CO2/c1-16-6-8-18-19-9-7-17-13(15)10-11-2-4-12(14)5-3-11;2-1-3/h2-5,14H,6-10H2,1H3;. The Hall–Kier alpha value is -1.47. The van der Waals surface area contributed by atoms with Crippen molar-refractivity contribution >= 4 is 33.7 Å². The molecule has 8 heteroatoms. The van der Waals surface area contributed by atoms with Gasteiger partial charge in [0.1, 0.15) is 12.4 Å². The summed E-state index contributed by atoms with van der Waals surface area (Å²) in [7, 11) is 5.05. The van der Waals surface area contributed by atoms with Crippen molar-refractivity contribution in [1.82, 2.24) is 0 Å². The van der Waals surface area contributed by atoms with Crippen LogP contribution in [0.3, 0.4) is 0 Å². The molecule has 0 aromatic heterocycles. The lowest BCUT2D eigenvalue weighted by Crippen LogP contribution is -2.10. The molecule has 1 aromatic carbocycles. The van der Waals surface area contributed by atoms with Gasteiger partial charge in [-0.15, -0.1) is 0 Å². The van der Waals surface area contributed by atoms with E-state index in [4.69, 9.17) is 24.2 Å². The number of hydrogen-bond donors (Lipinski definition) is 1. The average Bonchev–Trinajstić information content (AvgIpc) is 2.49. The highest BCUT2D eigenvalue weighted by Crippen LogP contribution is 2.20. The van der Waals surface area contributed by atoms with Crippen molar-refractivity contribution in [3.8, 4) is 5.75 Å². The Balaban J connectivity index is 0.00000135. The number of methoxy groups -OCH3 is 1. The van der Waals surface area contributed by atoms with Crippen molar-refractivity contribution in [2.45, 2.75) is 6.42 Å². The van der Waals surface area contributed by atoms with Crippen LogP contribution in [-0.2, 0) is 30.3 Å². The fourth-order valence-corrected chi connectivity index (χ4v) is 2.99. The van der Waals surface area contributed by atoms with E-state index in [2.05, 4.69) is 0 Å². The van der Waals surface area contributed by atoms with E-state index in [0.717, 1.165) is 23.7 Å². The van der Waals surface area contributed by atoms with Crippen LogP contribution in [0.5, 0.6) is 5.75 Å². The number of ether oxygens (including phenoxy) is 2. The van der Waals surface area contributed by atoms with Gasteiger partial charge in [0.15, 0.2) is 0 Å². The van der Waals surface area contributed by atoms with Crippen LogP contribution >= 0.6 is 21.6 Å². The molecule has 1 aromatic rings. The van der Waals surface area contributed by atoms with Gasteiger partial charge < -0.3 is 14.6 Å². The monoisotopic (exact) mass is 346 g/mol. The van der Waals surface area contributed by atoms with Gasteiger partial charge in [-0.2, -0.15) is 9.59 Å². The molecule has 0 amide bonds. The topological polar surface area (TPSA) is 89.9 Å². The molecule has 22 heavy (non-hydrogen) atoms. The van der Waals surface area contributed by atoms with Crippen molar-refractivity contribution in [3.05, 3.63) is 29.8 Å². The van der Waals surface area contributed by atoms with Crippen molar-refractivity contribution in [1.29, 1.82) is 0 Å². The Bertz CT molecular complexity index is 443. The maximum atomic E-state index is 11.5. The molecule has 0 heterocycles. The first-order valence-corrected chi connectivity index (χ1v) is 8.79. The van der Waals surface area contributed by atoms with Gasteiger partial charge in [0.2, 0.25) is 0 Å².